The van der Waals surface area contributed by atoms with E-state index in [1.165, 1.54) is 0 Å². The lowest BCUT2D eigenvalue weighted by molar-refractivity contribution is -0.245. The van der Waals surface area contributed by atoms with Crippen LogP contribution in [0, 0.1) is 0 Å². The van der Waals surface area contributed by atoms with E-state index in [-0.39, 0.29) is 19.2 Å². The molecule has 11 heteroatoms. The number of rotatable bonds is 3. The van der Waals surface area contributed by atoms with Gasteiger partial charge in [0.25, 0.3) is 0 Å². The molecule has 0 amide bonds. The molecule has 2 fully saturated rings. The molecular weight excluding hydrogens is 505 g/mol. The van der Waals surface area contributed by atoms with Gasteiger partial charge < -0.3 is 28.8 Å². The van der Waals surface area contributed by atoms with E-state index in [9.17, 15) is 9.90 Å². The fourth-order valence-corrected chi connectivity index (χ4v) is 10.3. The van der Waals surface area contributed by atoms with Crippen molar-refractivity contribution >= 4 is 53.0 Å². The smallest absolute Gasteiger partial charge is 0.340 e. The number of esters is 1. The van der Waals surface area contributed by atoms with Crippen molar-refractivity contribution in [1.29, 1.82) is 0 Å². The molecule has 7 nitrogen and oxygen atoms in total. The van der Waals surface area contributed by atoms with E-state index in [0.717, 1.165) is 25.1 Å². The second-order valence-corrected chi connectivity index (χ2v) is 15.3. The number of benzene rings is 1. The Morgan fingerprint density at radius 3 is 1.58 bits per heavy atom. The van der Waals surface area contributed by atoms with Gasteiger partial charge in [0, 0.05) is 25.1 Å². The van der Waals surface area contributed by atoms with Crippen LogP contribution < -0.4 is 0 Å². The normalized spacial score (nSPS) is 25.8. The predicted molar refractivity (Wildman–Crippen MR) is 129 cm³/mol. The highest BCUT2D eigenvalue weighted by atomic mass is 32.2. The maximum absolute atomic E-state index is 13.3. The molecule has 4 aliphatic rings. The monoisotopic (exact) mass is 532 g/mol. The molecule has 0 aromatic heterocycles. The fourth-order valence-electron chi connectivity index (χ4n) is 3.97. The molecule has 1 aromatic rings. The lowest BCUT2D eigenvalue weighted by Gasteiger charge is -2.40. The van der Waals surface area contributed by atoms with E-state index in [1.54, 1.807) is 47.0 Å². The van der Waals surface area contributed by atoms with E-state index in [2.05, 4.69) is 0 Å². The summed E-state index contributed by atoms with van der Waals surface area (Å²) < 4.78 is 28.6. The summed E-state index contributed by atoms with van der Waals surface area (Å²) in [6.45, 7) is 11.5. The molecule has 4 heterocycles. The van der Waals surface area contributed by atoms with Crippen molar-refractivity contribution in [2.24, 2.45) is 0 Å². The molecule has 4 aliphatic heterocycles. The number of ether oxygens (including phenoxy) is 5. The van der Waals surface area contributed by atoms with Crippen LogP contribution in [0.5, 0.6) is 0 Å². The molecule has 182 valence electrons. The summed E-state index contributed by atoms with van der Waals surface area (Å²) in [5.41, 5.74) is 1.41. The van der Waals surface area contributed by atoms with Crippen LogP contribution in [0.1, 0.15) is 50.5 Å². The van der Waals surface area contributed by atoms with Gasteiger partial charge in [-0.3, -0.25) is 0 Å². The Labute approximate surface area is 210 Å². The Morgan fingerprint density at radius 1 is 0.818 bits per heavy atom. The van der Waals surface area contributed by atoms with Crippen molar-refractivity contribution in [3.8, 4) is 0 Å². The van der Waals surface area contributed by atoms with Crippen LogP contribution >= 0.6 is 47.0 Å². The van der Waals surface area contributed by atoms with E-state index in [1.807, 2.05) is 34.6 Å². The van der Waals surface area contributed by atoms with Crippen LogP contribution in [0.25, 0.3) is 0 Å². The van der Waals surface area contributed by atoms with Crippen molar-refractivity contribution in [2.75, 3.05) is 33.0 Å². The summed E-state index contributed by atoms with van der Waals surface area (Å²) in [6, 6.07) is 0. The van der Waals surface area contributed by atoms with Crippen LogP contribution in [0.3, 0.4) is 0 Å². The van der Waals surface area contributed by atoms with Crippen molar-refractivity contribution in [3.05, 3.63) is 11.1 Å². The SMILES string of the molecule is CCOC(=O)c1c2c(c(CO)c3c1SC1(COC(C)(C)OC1)S3)SC1(COC(C)(C)OC1)S2. The lowest BCUT2D eigenvalue weighted by atomic mass is 10.1. The zero-order chi connectivity index (χ0) is 23.6. The summed E-state index contributed by atoms with van der Waals surface area (Å²) in [7, 11) is 0. The van der Waals surface area contributed by atoms with Gasteiger partial charge in [-0.25, -0.2) is 4.79 Å². The Balaban J connectivity index is 1.57. The fraction of sp³-hybridized carbons (Fsp3) is 0.682. The van der Waals surface area contributed by atoms with Crippen LogP contribution in [-0.2, 0) is 30.3 Å². The summed E-state index contributed by atoms with van der Waals surface area (Å²) in [5.74, 6) is -1.63. The maximum Gasteiger partial charge on any atom is 0.340 e. The van der Waals surface area contributed by atoms with Crippen LogP contribution in [-0.4, -0.2) is 63.8 Å². The second-order valence-electron chi connectivity index (χ2n) is 9.23. The van der Waals surface area contributed by atoms with Gasteiger partial charge >= 0.3 is 5.97 Å². The number of hydrogen-bond donors (Lipinski definition) is 1. The van der Waals surface area contributed by atoms with Crippen molar-refractivity contribution in [2.45, 2.75) is 80.5 Å². The van der Waals surface area contributed by atoms with Gasteiger partial charge in [0.2, 0.25) is 0 Å². The molecule has 0 saturated carbocycles. The number of aliphatic hydroxyl groups is 1. The molecule has 2 saturated heterocycles. The van der Waals surface area contributed by atoms with Gasteiger partial charge in [-0.05, 0) is 34.6 Å². The summed E-state index contributed by atoms with van der Waals surface area (Å²) in [4.78, 5) is 16.8. The summed E-state index contributed by atoms with van der Waals surface area (Å²) in [5, 5.41) is 10.5. The molecule has 1 aromatic carbocycles. The first-order valence-corrected chi connectivity index (χ1v) is 14.1. The second kappa shape index (κ2) is 8.48. The average Bonchev–Trinajstić information content (AvgIpc) is 3.30. The molecule has 2 spiro atoms. The van der Waals surface area contributed by atoms with E-state index in [4.69, 9.17) is 23.7 Å². The first kappa shape index (κ1) is 24.6. The van der Waals surface area contributed by atoms with E-state index < -0.39 is 19.7 Å². The first-order valence-electron chi connectivity index (χ1n) is 10.8. The molecular formula is C22H28O7S4. The number of carbonyl (C=O) groups excluding carboxylic acids is 1. The largest absolute Gasteiger partial charge is 0.462 e. The Kier molecular flexibility index (Phi) is 6.32. The zero-order valence-corrected chi connectivity index (χ0v) is 22.5. The van der Waals surface area contributed by atoms with Gasteiger partial charge in [-0.1, -0.05) is 0 Å². The summed E-state index contributed by atoms with van der Waals surface area (Å²) >= 11 is 6.42. The van der Waals surface area contributed by atoms with E-state index in [0.29, 0.717) is 32.0 Å². The zero-order valence-electron chi connectivity index (χ0n) is 19.3. The van der Waals surface area contributed by atoms with Crippen LogP contribution in [0.15, 0.2) is 19.6 Å². The van der Waals surface area contributed by atoms with Gasteiger partial charge in [0.1, 0.15) is 8.16 Å². The van der Waals surface area contributed by atoms with Crippen LogP contribution in [0.2, 0.25) is 0 Å². The third-order valence-electron chi connectivity index (χ3n) is 5.76. The van der Waals surface area contributed by atoms with Crippen molar-refractivity contribution in [3.63, 3.8) is 0 Å². The Hall–Kier alpha value is -0.110. The van der Waals surface area contributed by atoms with Crippen molar-refractivity contribution in [1.82, 2.24) is 0 Å². The number of fused-ring (bicyclic) bond motifs is 2. The third-order valence-corrected chi connectivity index (χ3v) is 12.0. The van der Waals surface area contributed by atoms with Gasteiger partial charge in [0.15, 0.2) is 11.6 Å². The van der Waals surface area contributed by atoms with Gasteiger partial charge in [-0.2, -0.15) is 0 Å². The molecule has 0 bridgehead atoms. The molecule has 0 radical (unpaired) electrons. The number of aliphatic hydroxyl groups excluding tert-OH is 1. The number of thioether (sulfide) groups is 4. The Bertz CT molecular complexity index is 908. The maximum atomic E-state index is 13.3. The average molecular weight is 533 g/mol. The minimum Gasteiger partial charge on any atom is -0.462 e. The number of carbonyl (C=O) groups is 1. The predicted octanol–water partition coefficient (Wildman–Crippen LogP) is 4.71. The quantitative estimate of drug-likeness (QED) is 0.550. The molecule has 0 unspecified atom stereocenters. The molecule has 5 rings (SSSR count). The first-order chi connectivity index (χ1) is 15.5. The molecule has 0 atom stereocenters. The Morgan fingerprint density at radius 2 is 1.21 bits per heavy atom. The topological polar surface area (TPSA) is 83.5 Å². The minimum atomic E-state index is -0.639. The molecule has 1 N–H and O–H groups in total. The number of hydrogen-bond acceptors (Lipinski definition) is 11. The third kappa shape index (κ3) is 4.35. The standard InChI is InChI=1S/C22H28O7S4/c1-6-25-18(24)13-16-14(30-21(32-16)8-26-19(2,3)27-9-21)12(7-23)15-17(13)33-22(31-15)10-28-20(4,5)29-11-22/h23H,6-11H2,1-5H3. The lowest BCUT2D eigenvalue weighted by Crippen LogP contribution is -2.46. The van der Waals surface area contributed by atoms with E-state index >= 15 is 0 Å². The van der Waals surface area contributed by atoms with Gasteiger partial charge in [-0.15, -0.1) is 47.0 Å². The molecule has 0 aliphatic carbocycles. The summed E-state index contributed by atoms with van der Waals surface area (Å²) in [6.07, 6.45) is 0. The minimum absolute atomic E-state index is 0.124. The van der Waals surface area contributed by atoms with Crippen LogP contribution in [0.4, 0.5) is 0 Å². The highest BCUT2D eigenvalue weighted by Crippen LogP contribution is 2.67. The van der Waals surface area contributed by atoms with Gasteiger partial charge in [0.05, 0.1) is 45.2 Å². The van der Waals surface area contributed by atoms with Crippen molar-refractivity contribution < 1.29 is 33.6 Å². The highest BCUT2D eigenvalue weighted by molar-refractivity contribution is 8.22. The molecule has 33 heavy (non-hydrogen) atoms. The highest BCUT2D eigenvalue weighted by Gasteiger charge is 2.53.